The predicted molar refractivity (Wildman–Crippen MR) is 62.9 cm³/mol. The van der Waals surface area contributed by atoms with Gasteiger partial charge < -0.3 is 14.9 Å². The number of rotatable bonds is 1. The summed E-state index contributed by atoms with van der Waals surface area (Å²) in [5.74, 6) is -1.74. The van der Waals surface area contributed by atoms with Crippen molar-refractivity contribution in [2.75, 3.05) is 0 Å². The van der Waals surface area contributed by atoms with Crippen LogP contribution in [-0.2, 0) is 4.74 Å². The molecule has 0 bridgehead atoms. The first kappa shape index (κ1) is 12.2. The van der Waals surface area contributed by atoms with E-state index in [1.54, 1.807) is 6.92 Å². The number of ether oxygens (including phenoxy) is 1. The first-order chi connectivity index (χ1) is 8.40. The second-order valence-corrected chi connectivity index (χ2v) is 4.22. The van der Waals surface area contributed by atoms with E-state index in [4.69, 9.17) is 4.74 Å². The number of allylic oxidation sites excluding steroid dienone is 1. The topological polar surface area (TPSA) is 83.8 Å². The zero-order valence-corrected chi connectivity index (χ0v) is 9.98. The first-order valence-corrected chi connectivity index (χ1v) is 5.34. The number of phenols is 2. The summed E-state index contributed by atoms with van der Waals surface area (Å²) in [6.45, 7) is 6.67. The molecule has 18 heavy (non-hydrogen) atoms. The van der Waals surface area contributed by atoms with Crippen LogP contribution in [0.2, 0.25) is 0 Å². The van der Waals surface area contributed by atoms with Crippen molar-refractivity contribution < 1.29 is 24.5 Å². The molecule has 94 valence electrons. The third-order valence-electron chi connectivity index (χ3n) is 3.22. The number of fused-ring (bicyclic) bond motifs is 1. The van der Waals surface area contributed by atoms with Gasteiger partial charge in [0.15, 0.2) is 6.29 Å². The highest BCUT2D eigenvalue weighted by Gasteiger charge is 2.35. The van der Waals surface area contributed by atoms with Gasteiger partial charge in [-0.3, -0.25) is 4.79 Å². The number of phenolic OH excluding ortho intramolecular Hbond substituents is 2. The first-order valence-electron chi connectivity index (χ1n) is 5.34. The monoisotopic (exact) mass is 248 g/mol. The lowest BCUT2D eigenvalue weighted by Crippen LogP contribution is -2.21. The number of carbonyl (C=O) groups excluding carboxylic acids is 2. The van der Waals surface area contributed by atoms with Gasteiger partial charge >= 0.3 is 5.97 Å². The van der Waals surface area contributed by atoms with Crippen LogP contribution in [-0.4, -0.2) is 22.5 Å². The van der Waals surface area contributed by atoms with Crippen molar-refractivity contribution >= 4 is 12.3 Å². The Bertz CT molecular complexity index is 586. The molecule has 1 aromatic rings. The molecule has 1 atom stereocenters. The SMILES string of the molecule is C=C1OC(=O)c2c(O)c(C)c(O)c(C=O)c2[C@@H]1C. The maximum atomic E-state index is 11.8. The lowest BCUT2D eigenvalue weighted by Gasteiger charge is -2.26. The number of cyclic esters (lactones) is 1. The van der Waals surface area contributed by atoms with Crippen molar-refractivity contribution in [2.45, 2.75) is 19.8 Å². The Balaban J connectivity index is 2.93. The molecule has 1 aromatic carbocycles. The van der Waals surface area contributed by atoms with Gasteiger partial charge in [-0.05, 0) is 12.5 Å². The zero-order chi connectivity index (χ0) is 13.6. The van der Waals surface area contributed by atoms with Gasteiger partial charge in [0.25, 0.3) is 0 Å². The quantitative estimate of drug-likeness (QED) is 0.586. The second kappa shape index (κ2) is 3.87. The highest BCUT2D eigenvalue weighted by molar-refractivity contribution is 6.01. The fraction of sp³-hybridized carbons (Fsp3) is 0.231. The van der Waals surface area contributed by atoms with E-state index in [1.807, 2.05) is 0 Å². The van der Waals surface area contributed by atoms with Gasteiger partial charge in [0.05, 0.1) is 5.56 Å². The molecule has 0 fully saturated rings. The molecule has 5 heteroatoms. The van der Waals surface area contributed by atoms with Gasteiger partial charge in [0, 0.05) is 11.5 Å². The van der Waals surface area contributed by atoms with Crippen molar-refractivity contribution in [2.24, 2.45) is 0 Å². The lowest BCUT2D eigenvalue weighted by atomic mass is 9.85. The normalized spacial score (nSPS) is 18.2. The minimum Gasteiger partial charge on any atom is -0.507 e. The van der Waals surface area contributed by atoms with E-state index in [2.05, 4.69) is 6.58 Å². The van der Waals surface area contributed by atoms with Gasteiger partial charge in [-0.2, -0.15) is 0 Å². The molecule has 0 spiro atoms. The van der Waals surface area contributed by atoms with Gasteiger partial charge in [-0.15, -0.1) is 0 Å². The fourth-order valence-electron chi connectivity index (χ4n) is 2.09. The molecule has 1 aliphatic rings. The number of hydrogen-bond acceptors (Lipinski definition) is 5. The molecule has 5 nitrogen and oxygen atoms in total. The molecule has 1 heterocycles. The summed E-state index contributed by atoms with van der Waals surface area (Å²) in [6, 6.07) is 0. The molecular formula is C13H12O5. The Kier molecular flexibility index (Phi) is 2.62. The summed E-state index contributed by atoms with van der Waals surface area (Å²) in [5, 5.41) is 19.8. The van der Waals surface area contributed by atoms with Gasteiger partial charge in [0.2, 0.25) is 0 Å². The van der Waals surface area contributed by atoms with Gasteiger partial charge in [-0.25, -0.2) is 4.79 Å². The molecule has 0 aromatic heterocycles. The molecule has 0 aliphatic carbocycles. The maximum Gasteiger partial charge on any atom is 0.347 e. The van der Waals surface area contributed by atoms with Crippen molar-refractivity contribution in [1.29, 1.82) is 0 Å². The predicted octanol–water partition coefficient (Wildman–Crippen LogP) is 2.01. The Morgan fingerprint density at radius 1 is 1.33 bits per heavy atom. The largest absolute Gasteiger partial charge is 0.507 e. The van der Waals surface area contributed by atoms with E-state index in [0.717, 1.165) is 0 Å². The smallest absolute Gasteiger partial charge is 0.347 e. The molecule has 2 rings (SSSR count). The van der Waals surface area contributed by atoms with E-state index in [0.29, 0.717) is 6.29 Å². The van der Waals surface area contributed by atoms with Crippen LogP contribution in [0.5, 0.6) is 11.5 Å². The number of aldehydes is 1. The summed E-state index contributed by atoms with van der Waals surface area (Å²) >= 11 is 0. The standard InChI is InChI=1S/C13H12O5/c1-5-7(3)18-13(17)10-9(5)8(4-14)11(15)6(2)12(10)16/h4-5,15-16H,3H2,1-2H3/t5-/m1/s1. The van der Waals surface area contributed by atoms with E-state index < -0.39 is 11.9 Å². The molecular weight excluding hydrogens is 236 g/mol. The van der Waals surface area contributed by atoms with E-state index in [1.165, 1.54) is 6.92 Å². The third kappa shape index (κ3) is 1.40. The van der Waals surface area contributed by atoms with Crippen LogP contribution < -0.4 is 0 Å². The van der Waals surface area contributed by atoms with Crippen LogP contribution >= 0.6 is 0 Å². The lowest BCUT2D eigenvalue weighted by molar-refractivity contribution is 0.0580. The molecule has 0 radical (unpaired) electrons. The summed E-state index contributed by atoms with van der Waals surface area (Å²) in [4.78, 5) is 22.9. The number of esters is 1. The zero-order valence-electron chi connectivity index (χ0n) is 9.98. The molecule has 0 saturated heterocycles. The van der Waals surface area contributed by atoms with Crippen molar-refractivity contribution in [3.63, 3.8) is 0 Å². The van der Waals surface area contributed by atoms with Crippen LogP contribution in [0.25, 0.3) is 0 Å². The molecule has 0 saturated carbocycles. The van der Waals surface area contributed by atoms with Crippen molar-refractivity contribution in [1.82, 2.24) is 0 Å². The molecule has 2 N–H and O–H groups in total. The van der Waals surface area contributed by atoms with E-state index >= 15 is 0 Å². The summed E-state index contributed by atoms with van der Waals surface area (Å²) in [5.41, 5.74) is 0.247. The summed E-state index contributed by atoms with van der Waals surface area (Å²) < 4.78 is 4.91. The Hall–Kier alpha value is -2.30. The maximum absolute atomic E-state index is 11.8. The number of benzene rings is 1. The van der Waals surface area contributed by atoms with E-state index in [-0.39, 0.29) is 39.5 Å². The van der Waals surface area contributed by atoms with E-state index in [9.17, 15) is 19.8 Å². The highest BCUT2D eigenvalue weighted by Crippen LogP contribution is 2.44. The highest BCUT2D eigenvalue weighted by atomic mass is 16.5. The van der Waals surface area contributed by atoms with Crippen LogP contribution in [0.4, 0.5) is 0 Å². The molecule has 1 aliphatic heterocycles. The van der Waals surface area contributed by atoms with Crippen LogP contribution in [0, 0.1) is 6.92 Å². The van der Waals surface area contributed by atoms with Gasteiger partial charge in [-0.1, -0.05) is 13.5 Å². The Labute approximate surface area is 103 Å². The second-order valence-electron chi connectivity index (χ2n) is 4.22. The third-order valence-corrected chi connectivity index (χ3v) is 3.22. The molecule has 0 unspecified atom stereocenters. The fourth-order valence-corrected chi connectivity index (χ4v) is 2.09. The number of carbonyl (C=O) groups is 2. The summed E-state index contributed by atoms with van der Waals surface area (Å²) in [6.07, 6.45) is 0.461. The van der Waals surface area contributed by atoms with Crippen LogP contribution in [0.3, 0.4) is 0 Å². The Morgan fingerprint density at radius 2 is 1.94 bits per heavy atom. The van der Waals surface area contributed by atoms with Crippen LogP contribution in [0.1, 0.15) is 44.7 Å². The summed E-state index contributed by atoms with van der Waals surface area (Å²) in [7, 11) is 0. The van der Waals surface area contributed by atoms with Crippen molar-refractivity contribution in [3.8, 4) is 11.5 Å². The van der Waals surface area contributed by atoms with Crippen molar-refractivity contribution in [3.05, 3.63) is 34.6 Å². The number of aromatic hydroxyl groups is 2. The average Bonchev–Trinajstić information content (AvgIpc) is 2.33. The Morgan fingerprint density at radius 3 is 2.50 bits per heavy atom. The minimum atomic E-state index is -0.767. The average molecular weight is 248 g/mol. The minimum absolute atomic E-state index is 0.00870. The molecule has 0 amide bonds. The number of hydrogen-bond donors (Lipinski definition) is 2. The van der Waals surface area contributed by atoms with Gasteiger partial charge in [0.1, 0.15) is 22.8 Å². The van der Waals surface area contributed by atoms with Crippen LogP contribution in [0.15, 0.2) is 12.3 Å².